The first-order valence-electron chi connectivity index (χ1n) is 8.94. The SMILES string of the molecule is CC(C)(C)c1csc(NC(=O)C2CC(=O)N(c3n[nH]c4cccc(F)c34)C2)n1. The van der Waals surface area contributed by atoms with E-state index in [1.165, 1.54) is 22.3 Å². The lowest BCUT2D eigenvalue weighted by Crippen LogP contribution is -2.28. The number of rotatable bonds is 3. The van der Waals surface area contributed by atoms with Crippen LogP contribution in [0, 0.1) is 11.7 Å². The van der Waals surface area contributed by atoms with Gasteiger partial charge in [-0.25, -0.2) is 9.37 Å². The highest BCUT2D eigenvalue weighted by molar-refractivity contribution is 7.13. The molecule has 2 aromatic heterocycles. The minimum atomic E-state index is -0.548. The Balaban J connectivity index is 1.51. The van der Waals surface area contributed by atoms with Crippen LogP contribution in [-0.4, -0.2) is 33.5 Å². The summed E-state index contributed by atoms with van der Waals surface area (Å²) in [5.74, 6) is -1.32. The van der Waals surface area contributed by atoms with Gasteiger partial charge in [-0.05, 0) is 12.1 Å². The van der Waals surface area contributed by atoms with Crippen molar-refractivity contribution in [1.82, 2.24) is 15.2 Å². The minimum absolute atomic E-state index is 0.0478. The number of aromatic amines is 1. The third-order valence-corrected chi connectivity index (χ3v) is 5.53. The van der Waals surface area contributed by atoms with Crippen molar-refractivity contribution in [3.8, 4) is 0 Å². The van der Waals surface area contributed by atoms with Gasteiger partial charge >= 0.3 is 0 Å². The Bertz CT molecular complexity index is 1070. The summed E-state index contributed by atoms with van der Waals surface area (Å²) in [6.07, 6.45) is 0.0478. The maximum Gasteiger partial charge on any atom is 0.231 e. The van der Waals surface area contributed by atoms with Gasteiger partial charge in [-0.2, -0.15) is 5.10 Å². The molecule has 0 saturated carbocycles. The standard InChI is InChI=1S/C19H20FN5O2S/c1-19(2,3)13-9-28-18(21-13)22-17(27)10-7-14(26)25(8-10)16-15-11(20)5-4-6-12(15)23-24-16/h4-6,9-10H,7-8H2,1-3H3,(H,23,24)(H,21,22,27). The number of carbonyl (C=O) groups excluding carboxylic acids is 2. The molecule has 0 spiro atoms. The molecule has 1 aromatic carbocycles. The normalized spacial score (nSPS) is 17.5. The maximum absolute atomic E-state index is 14.2. The third kappa shape index (κ3) is 3.26. The summed E-state index contributed by atoms with van der Waals surface area (Å²) >= 11 is 1.36. The van der Waals surface area contributed by atoms with E-state index in [9.17, 15) is 14.0 Å². The van der Waals surface area contributed by atoms with E-state index < -0.39 is 11.7 Å². The smallest absolute Gasteiger partial charge is 0.231 e. The highest BCUT2D eigenvalue weighted by Crippen LogP contribution is 2.32. The number of benzene rings is 1. The van der Waals surface area contributed by atoms with Crippen molar-refractivity contribution in [2.75, 3.05) is 16.8 Å². The van der Waals surface area contributed by atoms with Crippen molar-refractivity contribution >= 4 is 45.0 Å². The van der Waals surface area contributed by atoms with Gasteiger partial charge in [-0.15, -0.1) is 11.3 Å². The summed E-state index contributed by atoms with van der Waals surface area (Å²) in [6.45, 7) is 6.30. The number of anilines is 2. The van der Waals surface area contributed by atoms with Crippen molar-refractivity contribution in [2.45, 2.75) is 32.6 Å². The van der Waals surface area contributed by atoms with E-state index in [0.29, 0.717) is 10.6 Å². The molecule has 1 saturated heterocycles. The Hall–Kier alpha value is -2.81. The second-order valence-electron chi connectivity index (χ2n) is 7.89. The van der Waals surface area contributed by atoms with Gasteiger partial charge in [0.2, 0.25) is 11.8 Å². The fourth-order valence-electron chi connectivity index (χ4n) is 3.18. The lowest BCUT2D eigenvalue weighted by molar-refractivity contribution is -0.122. The molecule has 0 radical (unpaired) electrons. The molecule has 146 valence electrons. The molecular formula is C19H20FN5O2S. The molecule has 0 bridgehead atoms. The van der Waals surface area contributed by atoms with Crippen LogP contribution in [0.4, 0.5) is 15.3 Å². The molecule has 1 aliphatic heterocycles. The van der Waals surface area contributed by atoms with E-state index >= 15 is 0 Å². The number of nitrogens with one attached hydrogen (secondary N) is 2. The third-order valence-electron chi connectivity index (χ3n) is 4.77. The predicted octanol–water partition coefficient (Wildman–Crippen LogP) is 3.45. The summed E-state index contributed by atoms with van der Waals surface area (Å²) in [5, 5.41) is 12.3. The van der Waals surface area contributed by atoms with Crippen LogP contribution in [0.1, 0.15) is 32.9 Å². The van der Waals surface area contributed by atoms with E-state index in [1.807, 2.05) is 5.38 Å². The van der Waals surface area contributed by atoms with Crippen LogP contribution in [-0.2, 0) is 15.0 Å². The molecule has 2 N–H and O–H groups in total. The van der Waals surface area contributed by atoms with Crippen LogP contribution >= 0.6 is 11.3 Å². The fourth-order valence-corrected chi connectivity index (χ4v) is 4.12. The number of thiazole rings is 1. The summed E-state index contributed by atoms with van der Waals surface area (Å²) < 4.78 is 14.2. The zero-order valence-electron chi connectivity index (χ0n) is 15.7. The van der Waals surface area contributed by atoms with Crippen LogP contribution in [0.3, 0.4) is 0 Å². The first kappa shape index (κ1) is 18.5. The first-order chi connectivity index (χ1) is 13.2. The largest absolute Gasteiger partial charge is 0.302 e. The second-order valence-corrected chi connectivity index (χ2v) is 8.75. The van der Waals surface area contributed by atoms with Gasteiger partial charge in [0.25, 0.3) is 0 Å². The zero-order chi connectivity index (χ0) is 20.1. The van der Waals surface area contributed by atoms with E-state index in [0.717, 1.165) is 5.69 Å². The Morgan fingerprint density at radius 1 is 1.39 bits per heavy atom. The summed E-state index contributed by atoms with van der Waals surface area (Å²) in [6, 6.07) is 4.58. The first-order valence-corrected chi connectivity index (χ1v) is 9.82. The molecule has 1 atom stereocenters. The molecule has 28 heavy (non-hydrogen) atoms. The molecular weight excluding hydrogens is 381 g/mol. The molecule has 3 aromatic rings. The van der Waals surface area contributed by atoms with Gasteiger partial charge in [0.15, 0.2) is 10.9 Å². The number of hydrogen-bond donors (Lipinski definition) is 2. The maximum atomic E-state index is 14.2. The minimum Gasteiger partial charge on any atom is -0.302 e. The average molecular weight is 401 g/mol. The van der Waals surface area contributed by atoms with E-state index in [-0.39, 0.29) is 41.4 Å². The average Bonchev–Trinajstić information content (AvgIpc) is 3.32. The van der Waals surface area contributed by atoms with Crippen molar-refractivity contribution < 1.29 is 14.0 Å². The monoisotopic (exact) mass is 401 g/mol. The molecule has 1 aliphatic rings. The Kier molecular flexibility index (Phi) is 4.41. The molecule has 3 heterocycles. The van der Waals surface area contributed by atoms with Gasteiger partial charge < -0.3 is 5.32 Å². The van der Waals surface area contributed by atoms with Crippen molar-refractivity contribution in [3.05, 3.63) is 35.1 Å². The van der Waals surface area contributed by atoms with Crippen LogP contribution in [0.2, 0.25) is 0 Å². The van der Waals surface area contributed by atoms with Gasteiger partial charge in [0.05, 0.1) is 22.5 Å². The van der Waals surface area contributed by atoms with Crippen LogP contribution in [0.15, 0.2) is 23.6 Å². The summed E-state index contributed by atoms with van der Waals surface area (Å²) in [7, 11) is 0. The molecule has 9 heteroatoms. The van der Waals surface area contributed by atoms with Gasteiger partial charge in [0.1, 0.15) is 5.82 Å². The molecule has 7 nitrogen and oxygen atoms in total. The van der Waals surface area contributed by atoms with Crippen molar-refractivity contribution in [2.24, 2.45) is 5.92 Å². The Labute approximate surface area is 165 Å². The van der Waals surface area contributed by atoms with E-state index in [1.54, 1.807) is 12.1 Å². The number of halogens is 1. The van der Waals surface area contributed by atoms with E-state index in [2.05, 4.69) is 41.3 Å². The number of amides is 2. The molecule has 2 amide bonds. The highest BCUT2D eigenvalue weighted by Gasteiger charge is 2.37. The quantitative estimate of drug-likeness (QED) is 0.703. The van der Waals surface area contributed by atoms with Crippen molar-refractivity contribution in [3.63, 3.8) is 0 Å². The predicted molar refractivity (Wildman–Crippen MR) is 106 cm³/mol. The molecule has 0 aliphatic carbocycles. The van der Waals surface area contributed by atoms with Crippen molar-refractivity contribution in [1.29, 1.82) is 0 Å². The summed E-state index contributed by atoms with van der Waals surface area (Å²) in [5.41, 5.74) is 1.30. The summed E-state index contributed by atoms with van der Waals surface area (Å²) in [4.78, 5) is 31.0. The van der Waals surface area contributed by atoms with Crippen LogP contribution in [0.5, 0.6) is 0 Å². The molecule has 1 unspecified atom stereocenters. The fraction of sp³-hybridized carbons (Fsp3) is 0.368. The lowest BCUT2D eigenvalue weighted by Gasteiger charge is -2.15. The van der Waals surface area contributed by atoms with Gasteiger partial charge in [0, 0.05) is 23.8 Å². The second kappa shape index (κ2) is 6.66. The number of H-pyrrole nitrogens is 1. The zero-order valence-corrected chi connectivity index (χ0v) is 16.6. The lowest BCUT2D eigenvalue weighted by atomic mass is 9.93. The topological polar surface area (TPSA) is 91.0 Å². The number of carbonyl (C=O) groups is 2. The Morgan fingerprint density at radius 3 is 2.89 bits per heavy atom. The number of fused-ring (bicyclic) bond motifs is 1. The van der Waals surface area contributed by atoms with Gasteiger partial charge in [-0.3, -0.25) is 19.6 Å². The molecule has 1 fully saturated rings. The Morgan fingerprint density at radius 2 is 2.18 bits per heavy atom. The number of hydrogen-bond acceptors (Lipinski definition) is 5. The highest BCUT2D eigenvalue weighted by atomic mass is 32.1. The van der Waals surface area contributed by atoms with E-state index in [4.69, 9.17) is 0 Å². The molecule has 4 rings (SSSR count). The number of nitrogens with zero attached hydrogens (tertiary/aromatic N) is 3. The number of aromatic nitrogens is 3. The van der Waals surface area contributed by atoms with Crippen LogP contribution in [0.25, 0.3) is 10.9 Å². The van der Waals surface area contributed by atoms with Gasteiger partial charge in [-0.1, -0.05) is 26.8 Å². The van der Waals surface area contributed by atoms with Crippen LogP contribution < -0.4 is 10.2 Å².